The molecule has 0 heterocycles. The monoisotopic (exact) mass is 310 g/mol. The van der Waals surface area contributed by atoms with Crippen LogP contribution in [0.1, 0.15) is 45.1 Å². The van der Waals surface area contributed by atoms with Crippen LogP contribution in [0.5, 0.6) is 0 Å². The molecule has 1 aromatic carbocycles. The van der Waals surface area contributed by atoms with Crippen molar-refractivity contribution < 1.29 is 5.11 Å². The second kappa shape index (κ2) is 5.75. The van der Waals surface area contributed by atoms with Gasteiger partial charge in [-0.15, -0.1) is 0 Å². The molecule has 1 saturated carbocycles. The summed E-state index contributed by atoms with van der Waals surface area (Å²) in [5.41, 5.74) is 1.49. The fraction of sp³-hybridized carbons (Fsp3) is 0.625. The topological polar surface area (TPSA) is 20.2 Å². The first kappa shape index (κ1) is 14.1. The van der Waals surface area contributed by atoms with Crippen molar-refractivity contribution in [1.29, 1.82) is 0 Å². The molecule has 0 bridgehead atoms. The molecule has 0 radical (unpaired) electrons. The van der Waals surface area contributed by atoms with Crippen LogP contribution in [0.4, 0.5) is 0 Å². The average Bonchev–Trinajstić information content (AvgIpc) is 2.31. The van der Waals surface area contributed by atoms with Crippen molar-refractivity contribution >= 4 is 15.9 Å². The van der Waals surface area contributed by atoms with Crippen molar-refractivity contribution in [1.82, 2.24) is 0 Å². The van der Waals surface area contributed by atoms with E-state index < -0.39 is 0 Å². The van der Waals surface area contributed by atoms with E-state index in [0.29, 0.717) is 5.92 Å². The summed E-state index contributed by atoms with van der Waals surface area (Å²) in [4.78, 5) is 0. The normalized spacial score (nSPS) is 24.8. The maximum atomic E-state index is 10.6. The minimum Gasteiger partial charge on any atom is -0.392 e. The lowest BCUT2D eigenvalue weighted by atomic mass is 9.66. The molecule has 0 spiro atoms. The second-order valence-corrected chi connectivity index (χ2v) is 7.06. The lowest BCUT2D eigenvalue weighted by molar-refractivity contribution is 0.00572. The molecule has 0 amide bonds. The van der Waals surface area contributed by atoms with Gasteiger partial charge in [0.05, 0.1) is 6.10 Å². The summed E-state index contributed by atoms with van der Waals surface area (Å²) in [6.45, 7) is 4.61. The van der Waals surface area contributed by atoms with E-state index in [4.69, 9.17) is 0 Å². The van der Waals surface area contributed by atoms with Gasteiger partial charge in [0.1, 0.15) is 0 Å². The lowest BCUT2D eigenvalue weighted by Crippen LogP contribution is -2.37. The standard InChI is InChI=1S/C16H23BrO/c1-16(2)10-6-5-8-13(16)15(18)11-12-7-3-4-9-14(12)17/h3-4,7,9,13,15,18H,5-6,8,10-11H2,1-2H3. The SMILES string of the molecule is CC1(C)CCCCC1C(O)Cc1ccccc1Br. The van der Waals surface area contributed by atoms with Gasteiger partial charge in [0.2, 0.25) is 0 Å². The van der Waals surface area contributed by atoms with Crippen LogP contribution in [0.25, 0.3) is 0 Å². The van der Waals surface area contributed by atoms with Gasteiger partial charge >= 0.3 is 0 Å². The first-order chi connectivity index (χ1) is 8.50. The van der Waals surface area contributed by atoms with Crippen molar-refractivity contribution in [3.05, 3.63) is 34.3 Å². The van der Waals surface area contributed by atoms with Crippen molar-refractivity contribution in [3.8, 4) is 0 Å². The number of rotatable bonds is 3. The minimum atomic E-state index is -0.223. The highest BCUT2D eigenvalue weighted by Crippen LogP contribution is 2.43. The Morgan fingerprint density at radius 1 is 1.33 bits per heavy atom. The number of hydrogen-bond donors (Lipinski definition) is 1. The van der Waals surface area contributed by atoms with Crippen LogP contribution in [-0.2, 0) is 6.42 Å². The average molecular weight is 311 g/mol. The van der Waals surface area contributed by atoms with Crippen molar-refractivity contribution in [2.45, 2.75) is 52.1 Å². The molecule has 0 aromatic heterocycles. The maximum Gasteiger partial charge on any atom is 0.0614 e. The van der Waals surface area contributed by atoms with E-state index in [-0.39, 0.29) is 11.5 Å². The Morgan fingerprint density at radius 3 is 2.72 bits per heavy atom. The summed E-state index contributed by atoms with van der Waals surface area (Å²) in [5, 5.41) is 10.6. The molecule has 18 heavy (non-hydrogen) atoms. The molecule has 100 valence electrons. The summed E-state index contributed by atoms with van der Waals surface area (Å²) in [7, 11) is 0. The number of aliphatic hydroxyl groups is 1. The van der Waals surface area contributed by atoms with E-state index in [1.54, 1.807) is 0 Å². The number of benzene rings is 1. The van der Waals surface area contributed by atoms with Gasteiger partial charge < -0.3 is 5.11 Å². The fourth-order valence-electron chi connectivity index (χ4n) is 3.27. The van der Waals surface area contributed by atoms with Crippen molar-refractivity contribution in [2.24, 2.45) is 11.3 Å². The van der Waals surface area contributed by atoms with Crippen molar-refractivity contribution in [3.63, 3.8) is 0 Å². The molecule has 0 saturated heterocycles. The highest BCUT2D eigenvalue weighted by Gasteiger charge is 2.36. The first-order valence-electron chi connectivity index (χ1n) is 6.92. The molecule has 1 N–H and O–H groups in total. The second-order valence-electron chi connectivity index (χ2n) is 6.20. The van der Waals surface area contributed by atoms with Crippen LogP contribution in [-0.4, -0.2) is 11.2 Å². The van der Waals surface area contributed by atoms with Gasteiger partial charge in [0, 0.05) is 4.47 Å². The first-order valence-corrected chi connectivity index (χ1v) is 7.71. The summed E-state index contributed by atoms with van der Waals surface area (Å²) in [6.07, 6.45) is 5.52. The minimum absolute atomic E-state index is 0.223. The smallest absolute Gasteiger partial charge is 0.0614 e. The molecular weight excluding hydrogens is 288 g/mol. The molecule has 1 aliphatic carbocycles. The Hall–Kier alpha value is -0.340. The van der Waals surface area contributed by atoms with Crippen molar-refractivity contribution in [2.75, 3.05) is 0 Å². The van der Waals surface area contributed by atoms with E-state index >= 15 is 0 Å². The van der Waals surface area contributed by atoms with Gasteiger partial charge in [0.25, 0.3) is 0 Å². The lowest BCUT2D eigenvalue weighted by Gasteiger charge is -2.41. The maximum absolute atomic E-state index is 10.6. The number of hydrogen-bond acceptors (Lipinski definition) is 1. The highest BCUT2D eigenvalue weighted by atomic mass is 79.9. The highest BCUT2D eigenvalue weighted by molar-refractivity contribution is 9.10. The van der Waals surface area contributed by atoms with Gasteiger partial charge in [0.15, 0.2) is 0 Å². The Balaban J connectivity index is 2.07. The van der Waals surface area contributed by atoms with Crippen LogP contribution in [0.3, 0.4) is 0 Å². The molecule has 1 nitrogen and oxygen atoms in total. The summed E-state index contributed by atoms with van der Waals surface area (Å²) in [6, 6.07) is 8.21. The molecule has 2 heteroatoms. The van der Waals surface area contributed by atoms with Gasteiger partial charge in [-0.1, -0.05) is 60.8 Å². The van der Waals surface area contributed by atoms with Gasteiger partial charge in [-0.25, -0.2) is 0 Å². The Kier molecular flexibility index (Phi) is 4.50. The number of halogens is 1. The zero-order valence-corrected chi connectivity index (χ0v) is 12.9. The van der Waals surface area contributed by atoms with Gasteiger partial charge in [-0.3, -0.25) is 0 Å². The van der Waals surface area contributed by atoms with E-state index in [1.165, 1.54) is 31.2 Å². The van der Waals surface area contributed by atoms with E-state index in [1.807, 2.05) is 18.2 Å². The Bertz CT molecular complexity index is 400. The molecular formula is C16H23BrO. The Morgan fingerprint density at radius 2 is 2.06 bits per heavy atom. The van der Waals surface area contributed by atoms with Gasteiger partial charge in [-0.2, -0.15) is 0 Å². The van der Waals surface area contributed by atoms with E-state index in [0.717, 1.165) is 10.9 Å². The van der Waals surface area contributed by atoms with Crippen LogP contribution in [0.15, 0.2) is 28.7 Å². The molecule has 2 atom stereocenters. The summed E-state index contributed by atoms with van der Waals surface area (Å²) in [5.74, 6) is 0.429. The molecule has 2 unspecified atom stereocenters. The van der Waals surface area contributed by atoms with Crippen LogP contribution in [0, 0.1) is 11.3 Å². The molecule has 1 aliphatic rings. The fourth-order valence-corrected chi connectivity index (χ4v) is 3.71. The largest absolute Gasteiger partial charge is 0.392 e. The molecule has 2 rings (SSSR count). The molecule has 1 fully saturated rings. The third kappa shape index (κ3) is 3.16. The Labute approximate surface area is 119 Å². The molecule has 0 aliphatic heterocycles. The summed E-state index contributed by atoms with van der Waals surface area (Å²) < 4.78 is 1.11. The van der Waals surface area contributed by atoms with Crippen LogP contribution >= 0.6 is 15.9 Å². The zero-order valence-electron chi connectivity index (χ0n) is 11.3. The van der Waals surface area contributed by atoms with E-state index in [2.05, 4.69) is 35.8 Å². The van der Waals surface area contributed by atoms with Crippen LogP contribution in [0.2, 0.25) is 0 Å². The summed E-state index contributed by atoms with van der Waals surface area (Å²) >= 11 is 3.57. The predicted molar refractivity (Wildman–Crippen MR) is 79.6 cm³/mol. The van der Waals surface area contributed by atoms with Crippen LogP contribution < -0.4 is 0 Å². The molecule has 1 aromatic rings. The zero-order chi connectivity index (χ0) is 13.2. The third-order valence-corrected chi connectivity index (χ3v) is 5.21. The third-order valence-electron chi connectivity index (χ3n) is 4.44. The van der Waals surface area contributed by atoms with E-state index in [9.17, 15) is 5.11 Å². The number of aliphatic hydroxyl groups excluding tert-OH is 1. The quantitative estimate of drug-likeness (QED) is 0.867. The predicted octanol–water partition coefficient (Wildman–Crippen LogP) is 4.57. The van der Waals surface area contributed by atoms with Gasteiger partial charge in [-0.05, 0) is 42.2 Å².